The Kier molecular flexibility index (Phi) is 2.81. The number of halogens is 4. The molecule has 1 aromatic rings. The summed E-state index contributed by atoms with van der Waals surface area (Å²) in [5.74, 6) is 0. The summed E-state index contributed by atoms with van der Waals surface area (Å²) >= 11 is 2.82. The summed E-state index contributed by atoms with van der Waals surface area (Å²) in [6.07, 6.45) is -4.53. The molecule has 0 saturated heterocycles. The van der Waals surface area contributed by atoms with Crippen LogP contribution < -0.4 is 0 Å². The van der Waals surface area contributed by atoms with Gasteiger partial charge in [-0.3, -0.25) is 0 Å². The number of nitrogens with zero attached hydrogens (tertiary/aromatic N) is 2. The number of nitriles is 1. The maximum absolute atomic E-state index is 12.4. The van der Waals surface area contributed by atoms with Crippen LogP contribution in [0.15, 0.2) is 10.7 Å². The van der Waals surface area contributed by atoms with Gasteiger partial charge in [-0.1, -0.05) is 0 Å². The van der Waals surface area contributed by atoms with Gasteiger partial charge in [0.15, 0.2) is 0 Å². The maximum Gasteiger partial charge on any atom is 0.417 e. The van der Waals surface area contributed by atoms with Crippen LogP contribution in [0.25, 0.3) is 0 Å². The highest BCUT2D eigenvalue weighted by Gasteiger charge is 2.35. The molecule has 14 heavy (non-hydrogen) atoms. The molecule has 0 aromatic carbocycles. The third-order valence-electron chi connectivity index (χ3n) is 1.52. The standard InChI is InChI=1S/C8H4BrF3N2/c1-4-2-6(8(10,11)12)5(3-13)7(9)14-4/h2H,1H3. The summed E-state index contributed by atoms with van der Waals surface area (Å²) in [7, 11) is 0. The fourth-order valence-corrected chi connectivity index (χ4v) is 1.55. The summed E-state index contributed by atoms with van der Waals surface area (Å²) in [5.41, 5.74) is -1.23. The van der Waals surface area contributed by atoms with Crippen LogP contribution >= 0.6 is 15.9 Å². The van der Waals surface area contributed by atoms with Crippen molar-refractivity contribution in [3.63, 3.8) is 0 Å². The number of aromatic nitrogens is 1. The Bertz CT molecular complexity index is 406. The van der Waals surface area contributed by atoms with Crippen LogP contribution in [0.1, 0.15) is 16.8 Å². The third kappa shape index (κ3) is 2.04. The van der Waals surface area contributed by atoms with Crippen molar-refractivity contribution in [3.8, 4) is 6.07 Å². The Hall–Kier alpha value is -1.09. The topological polar surface area (TPSA) is 36.7 Å². The molecule has 0 aliphatic heterocycles. The van der Waals surface area contributed by atoms with E-state index in [4.69, 9.17) is 5.26 Å². The van der Waals surface area contributed by atoms with Gasteiger partial charge in [0, 0.05) is 5.69 Å². The first-order valence-corrected chi connectivity index (χ1v) is 4.30. The number of alkyl halides is 3. The largest absolute Gasteiger partial charge is 0.417 e. The number of pyridine rings is 1. The lowest BCUT2D eigenvalue weighted by molar-refractivity contribution is -0.137. The van der Waals surface area contributed by atoms with E-state index in [1.807, 2.05) is 0 Å². The van der Waals surface area contributed by atoms with E-state index in [1.54, 1.807) is 0 Å². The maximum atomic E-state index is 12.4. The Labute approximate surface area is 86.5 Å². The van der Waals surface area contributed by atoms with Gasteiger partial charge < -0.3 is 0 Å². The zero-order chi connectivity index (χ0) is 10.9. The summed E-state index contributed by atoms with van der Waals surface area (Å²) in [4.78, 5) is 3.71. The molecule has 1 aromatic heterocycles. The van der Waals surface area contributed by atoms with Gasteiger partial charge in [-0.25, -0.2) is 4.98 Å². The first kappa shape index (κ1) is 11.0. The monoisotopic (exact) mass is 264 g/mol. The van der Waals surface area contributed by atoms with E-state index >= 15 is 0 Å². The van der Waals surface area contributed by atoms with Crippen molar-refractivity contribution in [2.45, 2.75) is 13.1 Å². The smallest absolute Gasteiger partial charge is 0.245 e. The summed E-state index contributed by atoms with van der Waals surface area (Å²) in [6.45, 7) is 1.43. The molecule has 0 aliphatic rings. The molecule has 1 rings (SSSR count). The summed E-state index contributed by atoms with van der Waals surface area (Å²) in [5, 5.41) is 8.53. The van der Waals surface area contributed by atoms with Crippen LogP contribution in [-0.4, -0.2) is 4.98 Å². The highest BCUT2D eigenvalue weighted by molar-refractivity contribution is 9.10. The molecule has 0 unspecified atom stereocenters. The van der Waals surface area contributed by atoms with Gasteiger partial charge in [-0.2, -0.15) is 18.4 Å². The molecule has 0 fully saturated rings. The Balaban J connectivity index is 3.50. The second kappa shape index (κ2) is 3.58. The zero-order valence-electron chi connectivity index (χ0n) is 6.98. The molecule has 0 radical (unpaired) electrons. The van der Waals surface area contributed by atoms with E-state index in [0.29, 0.717) is 0 Å². The molecule has 0 saturated carbocycles. The molecule has 0 N–H and O–H groups in total. The predicted octanol–water partition coefficient (Wildman–Crippen LogP) is 3.04. The fourth-order valence-electron chi connectivity index (χ4n) is 0.965. The van der Waals surface area contributed by atoms with Gasteiger partial charge in [-0.05, 0) is 28.9 Å². The lowest BCUT2D eigenvalue weighted by Gasteiger charge is -2.09. The summed E-state index contributed by atoms with van der Waals surface area (Å²) < 4.78 is 37.1. The predicted molar refractivity (Wildman–Crippen MR) is 46.4 cm³/mol. The van der Waals surface area contributed by atoms with Gasteiger partial charge in [0.05, 0.1) is 11.1 Å². The molecular formula is C8H4BrF3N2. The quantitative estimate of drug-likeness (QED) is 0.676. The van der Waals surface area contributed by atoms with Crippen molar-refractivity contribution in [3.05, 3.63) is 27.5 Å². The Morgan fingerprint density at radius 2 is 2.07 bits per heavy atom. The number of hydrogen-bond donors (Lipinski definition) is 0. The lowest BCUT2D eigenvalue weighted by atomic mass is 10.1. The minimum Gasteiger partial charge on any atom is -0.245 e. The van der Waals surface area contributed by atoms with Crippen molar-refractivity contribution >= 4 is 15.9 Å². The van der Waals surface area contributed by atoms with Crippen molar-refractivity contribution in [2.24, 2.45) is 0 Å². The molecule has 0 bridgehead atoms. The molecule has 0 atom stereocenters. The molecule has 0 amide bonds. The van der Waals surface area contributed by atoms with Crippen molar-refractivity contribution in [2.75, 3.05) is 0 Å². The molecular weight excluding hydrogens is 261 g/mol. The normalized spacial score (nSPS) is 11.1. The van der Waals surface area contributed by atoms with Gasteiger partial charge in [-0.15, -0.1) is 0 Å². The zero-order valence-corrected chi connectivity index (χ0v) is 8.57. The summed E-state index contributed by atoms with van der Waals surface area (Å²) in [6, 6.07) is 2.32. The molecule has 74 valence electrons. The Morgan fingerprint density at radius 1 is 1.50 bits per heavy atom. The number of rotatable bonds is 0. The first-order chi connectivity index (χ1) is 6.36. The van der Waals surface area contributed by atoms with Crippen LogP contribution in [0.2, 0.25) is 0 Å². The average molecular weight is 265 g/mol. The molecule has 2 nitrogen and oxygen atoms in total. The van der Waals surface area contributed by atoms with E-state index in [1.165, 1.54) is 13.0 Å². The van der Waals surface area contributed by atoms with E-state index in [0.717, 1.165) is 6.07 Å². The second-order valence-corrected chi connectivity index (χ2v) is 3.34. The fraction of sp³-hybridized carbons (Fsp3) is 0.250. The number of hydrogen-bond acceptors (Lipinski definition) is 2. The Morgan fingerprint density at radius 3 is 2.50 bits per heavy atom. The SMILES string of the molecule is Cc1cc(C(F)(F)F)c(C#N)c(Br)n1. The van der Waals surface area contributed by atoms with E-state index < -0.39 is 17.3 Å². The van der Waals surface area contributed by atoms with Crippen LogP contribution in [0.5, 0.6) is 0 Å². The van der Waals surface area contributed by atoms with Crippen molar-refractivity contribution in [1.29, 1.82) is 5.26 Å². The van der Waals surface area contributed by atoms with E-state index in [-0.39, 0.29) is 10.3 Å². The van der Waals surface area contributed by atoms with Crippen molar-refractivity contribution < 1.29 is 13.2 Å². The highest BCUT2D eigenvalue weighted by Crippen LogP contribution is 2.34. The van der Waals surface area contributed by atoms with E-state index in [2.05, 4.69) is 20.9 Å². The highest BCUT2D eigenvalue weighted by atomic mass is 79.9. The van der Waals surface area contributed by atoms with Gasteiger partial charge in [0.1, 0.15) is 10.7 Å². The molecule has 0 aliphatic carbocycles. The molecule has 1 heterocycles. The van der Waals surface area contributed by atoms with Crippen LogP contribution in [0, 0.1) is 18.3 Å². The van der Waals surface area contributed by atoms with Gasteiger partial charge in [0.2, 0.25) is 0 Å². The van der Waals surface area contributed by atoms with Crippen molar-refractivity contribution in [1.82, 2.24) is 4.98 Å². The second-order valence-electron chi connectivity index (χ2n) is 2.59. The average Bonchev–Trinajstić information content (AvgIpc) is 2.01. The third-order valence-corrected chi connectivity index (χ3v) is 2.09. The van der Waals surface area contributed by atoms with E-state index in [9.17, 15) is 13.2 Å². The van der Waals surface area contributed by atoms with Crippen LogP contribution in [0.3, 0.4) is 0 Å². The van der Waals surface area contributed by atoms with Crippen LogP contribution in [0.4, 0.5) is 13.2 Å². The number of aryl methyl sites for hydroxylation is 1. The minimum atomic E-state index is -4.53. The first-order valence-electron chi connectivity index (χ1n) is 3.50. The van der Waals surface area contributed by atoms with Crippen LogP contribution in [-0.2, 0) is 6.18 Å². The minimum absolute atomic E-state index is 0.0766. The lowest BCUT2D eigenvalue weighted by Crippen LogP contribution is -2.09. The van der Waals surface area contributed by atoms with Gasteiger partial charge >= 0.3 is 6.18 Å². The molecule has 6 heteroatoms. The van der Waals surface area contributed by atoms with Gasteiger partial charge in [0.25, 0.3) is 0 Å². The molecule has 0 spiro atoms.